The van der Waals surface area contributed by atoms with Crippen LogP contribution in [0.3, 0.4) is 0 Å². The summed E-state index contributed by atoms with van der Waals surface area (Å²) >= 11 is 0. The molecule has 8 heteroatoms. The first kappa shape index (κ1) is 18.5. The first-order chi connectivity index (χ1) is 13.7. The van der Waals surface area contributed by atoms with Gasteiger partial charge in [0.05, 0.1) is 24.3 Å². The van der Waals surface area contributed by atoms with Gasteiger partial charge >= 0.3 is 0 Å². The van der Waals surface area contributed by atoms with E-state index < -0.39 is 0 Å². The van der Waals surface area contributed by atoms with Crippen LogP contribution in [0.2, 0.25) is 0 Å². The van der Waals surface area contributed by atoms with Crippen LogP contribution in [-0.2, 0) is 20.1 Å². The van der Waals surface area contributed by atoms with Crippen molar-refractivity contribution in [3.63, 3.8) is 0 Å². The fourth-order valence-electron chi connectivity index (χ4n) is 3.46. The molecule has 3 aromatic rings. The average Bonchev–Trinajstić information content (AvgIpc) is 3.14. The fourth-order valence-corrected chi connectivity index (χ4v) is 3.46. The molecule has 146 valence electrons. The Morgan fingerprint density at radius 2 is 1.86 bits per heavy atom. The van der Waals surface area contributed by atoms with E-state index in [2.05, 4.69) is 31.1 Å². The number of hydrogen-bond acceptors (Lipinski definition) is 6. The zero-order valence-electron chi connectivity index (χ0n) is 16.1. The van der Waals surface area contributed by atoms with Gasteiger partial charge in [-0.3, -0.25) is 19.6 Å². The molecule has 0 atom stereocenters. The van der Waals surface area contributed by atoms with Crippen molar-refractivity contribution in [1.29, 1.82) is 0 Å². The SMILES string of the molecule is Cn1cnc(CN2CCN(CCn3nc(-c4cccnc4)ccc3=O)CC2)c1. The van der Waals surface area contributed by atoms with E-state index in [9.17, 15) is 4.79 Å². The summed E-state index contributed by atoms with van der Waals surface area (Å²) in [4.78, 5) is 25.5. The molecule has 0 unspecified atom stereocenters. The number of hydrogen-bond donors (Lipinski definition) is 0. The van der Waals surface area contributed by atoms with E-state index in [1.54, 1.807) is 29.2 Å². The maximum absolute atomic E-state index is 12.2. The van der Waals surface area contributed by atoms with E-state index in [0.29, 0.717) is 6.54 Å². The zero-order valence-corrected chi connectivity index (χ0v) is 16.1. The van der Waals surface area contributed by atoms with Crippen LogP contribution >= 0.6 is 0 Å². The molecular weight excluding hydrogens is 354 g/mol. The molecule has 4 heterocycles. The lowest BCUT2D eigenvalue weighted by Crippen LogP contribution is -2.47. The van der Waals surface area contributed by atoms with E-state index in [4.69, 9.17) is 0 Å². The Balaban J connectivity index is 1.31. The van der Waals surface area contributed by atoms with Crippen molar-refractivity contribution in [3.05, 3.63) is 65.2 Å². The second kappa shape index (κ2) is 8.45. The van der Waals surface area contributed by atoms with Gasteiger partial charge in [-0.2, -0.15) is 5.10 Å². The minimum Gasteiger partial charge on any atom is -0.340 e. The van der Waals surface area contributed by atoms with Crippen LogP contribution in [0, 0.1) is 0 Å². The predicted octanol–water partition coefficient (Wildman–Crippen LogP) is 0.857. The molecule has 1 fully saturated rings. The molecule has 1 aliphatic rings. The first-order valence-corrected chi connectivity index (χ1v) is 9.57. The third-order valence-electron chi connectivity index (χ3n) is 5.06. The van der Waals surface area contributed by atoms with Crippen LogP contribution in [-0.4, -0.2) is 66.8 Å². The maximum atomic E-state index is 12.2. The van der Waals surface area contributed by atoms with E-state index in [0.717, 1.165) is 56.2 Å². The number of aromatic nitrogens is 5. The third-order valence-corrected chi connectivity index (χ3v) is 5.06. The fraction of sp³-hybridized carbons (Fsp3) is 0.400. The Morgan fingerprint density at radius 3 is 2.57 bits per heavy atom. The highest BCUT2D eigenvalue weighted by Crippen LogP contribution is 2.13. The summed E-state index contributed by atoms with van der Waals surface area (Å²) in [5.74, 6) is 0. The summed E-state index contributed by atoms with van der Waals surface area (Å²) in [6.45, 7) is 6.30. The number of imidazole rings is 1. The monoisotopic (exact) mass is 379 g/mol. The molecule has 1 saturated heterocycles. The molecule has 0 radical (unpaired) electrons. The highest BCUT2D eigenvalue weighted by molar-refractivity contribution is 5.56. The average molecular weight is 379 g/mol. The quantitative estimate of drug-likeness (QED) is 0.633. The zero-order chi connectivity index (χ0) is 19.3. The van der Waals surface area contributed by atoms with Gasteiger partial charge in [0.1, 0.15) is 0 Å². The van der Waals surface area contributed by atoms with Crippen molar-refractivity contribution in [2.24, 2.45) is 7.05 Å². The van der Waals surface area contributed by atoms with Crippen LogP contribution in [0.1, 0.15) is 5.69 Å². The highest BCUT2D eigenvalue weighted by atomic mass is 16.1. The van der Waals surface area contributed by atoms with Gasteiger partial charge < -0.3 is 4.57 Å². The van der Waals surface area contributed by atoms with E-state index in [1.165, 1.54) is 0 Å². The molecule has 3 aromatic heterocycles. The van der Waals surface area contributed by atoms with Crippen LogP contribution in [0.5, 0.6) is 0 Å². The standard InChI is InChI=1S/C20H25N7O/c1-24-14-18(22-16-24)15-26-9-7-25(8-10-26)11-12-27-20(28)5-4-19(23-27)17-3-2-6-21-13-17/h2-6,13-14,16H,7-12,15H2,1H3. The van der Waals surface area contributed by atoms with Crippen LogP contribution in [0.4, 0.5) is 0 Å². The smallest absolute Gasteiger partial charge is 0.266 e. The molecule has 4 rings (SSSR count). The van der Waals surface area contributed by atoms with Crippen molar-refractivity contribution in [1.82, 2.24) is 34.1 Å². The summed E-state index contributed by atoms with van der Waals surface area (Å²) in [7, 11) is 1.99. The van der Waals surface area contributed by atoms with Crippen LogP contribution < -0.4 is 5.56 Å². The lowest BCUT2D eigenvalue weighted by atomic mass is 10.2. The summed E-state index contributed by atoms with van der Waals surface area (Å²) < 4.78 is 3.54. The number of aryl methyl sites for hydroxylation is 1. The van der Waals surface area contributed by atoms with Gasteiger partial charge in [-0.15, -0.1) is 0 Å². The molecular formula is C20H25N7O. The van der Waals surface area contributed by atoms with Crippen LogP contribution in [0.25, 0.3) is 11.3 Å². The molecule has 8 nitrogen and oxygen atoms in total. The van der Waals surface area contributed by atoms with Gasteiger partial charge in [0.25, 0.3) is 5.56 Å². The van der Waals surface area contributed by atoms with Gasteiger partial charge in [0.15, 0.2) is 0 Å². The second-order valence-electron chi connectivity index (χ2n) is 7.17. The molecule has 0 spiro atoms. The van der Waals surface area contributed by atoms with Crippen molar-refractivity contribution < 1.29 is 0 Å². The van der Waals surface area contributed by atoms with Crippen molar-refractivity contribution in [2.75, 3.05) is 32.7 Å². The van der Waals surface area contributed by atoms with Crippen molar-refractivity contribution in [3.8, 4) is 11.3 Å². The molecule has 0 aliphatic carbocycles. The summed E-state index contributed by atoms with van der Waals surface area (Å²) in [5, 5.41) is 4.52. The van der Waals surface area contributed by atoms with Gasteiger partial charge in [-0.25, -0.2) is 9.67 Å². The highest BCUT2D eigenvalue weighted by Gasteiger charge is 2.17. The van der Waals surface area contributed by atoms with Gasteiger partial charge in [0, 0.05) is 76.5 Å². The Bertz CT molecular complexity index is 958. The van der Waals surface area contributed by atoms with Gasteiger partial charge in [0.2, 0.25) is 0 Å². The number of rotatable bonds is 6. The largest absolute Gasteiger partial charge is 0.340 e. The number of pyridine rings is 1. The number of nitrogens with zero attached hydrogens (tertiary/aromatic N) is 7. The lowest BCUT2D eigenvalue weighted by Gasteiger charge is -2.34. The summed E-state index contributed by atoms with van der Waals surface area (Å²) in [6.07, 6.45) is 7.40. The first-order valence-electron chi connectivity index (χ1n) is 9.57. The van der Waals surface area contributed by atoms with E-state index >= 15 is 0 Å². The molecule has 28 heavy (non-hydrogen) atoms. The van der Waals surface area contributed by atoms with Gasteiger partial charge in [-0.05, 0) is 18.2 Å². The predicted molar refractivity (Wildman–Crippen MR) is 107 cm³/mol. The Hall–Kier alpha value is -2.84. The summed E-state index contributed by atoms with van der Waals surface area (Å²) in [5.41, 5.74) is 2.73. The topological polar surface area (TPSA) is 72.1 Å². The minimum atomic E-state index is -0.0681. The Morgan fingerprint density at radius 1 is 1.04 bits per heavy atom. The van der Waals surface area contributed by atoms with Gasteiger partial charge in [-0.1, -0.05) is 0 Å². The van der Waals surface area contributed by atoms with Crippen molar-refractivity contribution >= 4 is 0 Å². The molecule has 0 N–H and O–H groups in total. The van der Waals surface area contributed by atoms with E-state index in [-0.39, 0.29) is 5.56 Å². The maximum Gasteiger partial charge on any atom is 0.266 e. The third kappa shape index (κ3) is 4.52. The molecule has 0 saturated carbocycles. The Labute approximate surface area is 164 Å². The summed E-state index contributed by atoms with van der Waals surface area (Å²) in [6, 6.07) is 7.16. The van der Waals surface area contributed by atoms with Crippen molar-refractivity contribution in [2.45, 2.75) is 13.1 Å². The van der Waals surface area contributed by atoms with Crippen LogP contribution in [0.15, 0.2) is 54.0 Å². The molecule has 0 aromatic carbocycles. The second-order valence-corrected chi connectivity index (χ2v) is 7.17. The minimum absolute atomic E-state index is 0.0681. The molecule has 1 aliphatic heterocycles. The normalized spacial score (nSPS) is 15.8. The number of piperazine rings is 1. The lowest BCUT2D eigenvalue weighted by molar-refractivity contribution is 0.122. The molecule has 0 bridgehead atoms. The van der Waals surface area contributed by atoms with E-state index in [1.807, 2.05) is 30.1 Å². The Kier molecular flexibility index (Phi) is 5.59. The molecule has 0 amide bonds.